The van der Waals surface area contributed by atoms with Crippen LogP contribution in [-0.4, -0.2) is 22.2 Å². The minimum absolute atomic E-state index is 0.108. The van der Waals surface area contributed by atoms with E-state index < -0.39 is 5.97 Å². The number of imidazole rings is 1. The summed E-state index contributed by atoms with van der Waals surface area (Å²) in [5, 5.41) is 9.34. The summed E-state index contributed by atoms with van der Waals surface area (Å²) in [6.07, 6.45) is 10.9. The van der Waals surface area contributed by atoms with Crippen LogP contribution in [0.2, 0.25) is 0 Å². The Balaban J connectivity index is 1.18. The van der Waals surface area contributed by atoms with Crippen LogP contribution in [0.25, 0.3) is 11.1 Å². The molecule has 0 atom stereocenters. The van der Waals surface area contributed by atoms with Gasteiger partial charge in [0.25, 0.3) is 0 Å². The number of hydrogen-bond acceptors (Lipinski definition) is 4. The molecule has 0 fully saturated rings. The van der Waals surface area contributed by atoms with Crippen molar-refractivity contribution in [3.8, 4) is 28.4 Å². The Morgan fingerprint density at radius 1 is 0.829 bits per heavy atom. The van der Waals surface area contributed by atoms with Gasteiger partial charge in [-0.05, 0) is 85.3 Å². The molecule has 6 heteroatoms. The van der Waals surface area contributed by atoms with Crippen LogP contribution in [-0.2, 0) is 13.6 Å². The molecular formula is C29H31N2O4+. The topological polar surface area (TPSA) is 64.6 Å². The fourth-order valence-electron chi connectivity index (χ4n) is 3.80. The number of unbranched alkanes of at least 4 members (excludes halogenated alkanes) is 3. The van der Waals surface area contributed by atoms with Crippen molar-refractivity contribution in [2.45, 2.75) is 32.2 Å². The third kappa shape index (κ3) is 7.21. The highest BCUT2D eigenvalue weighted by molar-refractivity contribution is 5.91. The van der Waals surface area contributed by atoms with Gasteiger partial charge in [-0.15, -0.1) is 0 Å². The molecule has 1 heterocycles. The SMILES string of the molecule is C[n+]1ccn(CCCCCCOc2ccc(-c3ccc(OC(=O)c4ccc(O)cc4)cc3)cc2)c1. The molecule has 0 aliphatic heterocycles. The van der Waals surface area contributed by atoms with Gasteiger partial charge in [0.15, 0.2) is 0 Å². The van der Waals surface area contributed by atoms with Crippen LogP contribution < -0.4 is 14.0 Å². The molecular weight excluding hydrogens is 440 g/mol. The lowest BCUT2D eigenvalue weighted by molar-refractivity contribution is -0.671. The average Bonchev–Trinajstić information content (AvgIpc) is 3.29. The Hall–Kier alpha value is -4.06. The lowest BCUT2D eigenvalue weighted by Crippen LogP contribution is -2.23. The van der Waals surface area contributed by atoms with Gasteiger partial charge < -0.3 is 14.6 Å². The van der Waals surface area contributed by atoms with Crippen molar-refractivity contribution < 1.29 is 23.9 Å². The van der Waals surface area contributed by atoms with Gasteiger partial charge in [0, 0.05) is 0 Å². The summed E-state index contributed by atoms with van der Waals surface area (Å²) in [5.74, 6) is 0.979. The molecule has 0 bridgehead atoms. The van der Waals surface area contributed by atoms with E-state index in [1.807, 2.05) is 43.4 Å². The van der Waals surface area contributed by atoms with Gasteiger partial charge in [-0.25, -0.2) is 13.9 Å². The number of aryl methyl sites for hydroxylation is 2. The molecule has 180 valence electrons. The van der Waals surface area contributed by atoms with E-state index in [2.05, 4.69) is 27.9 Å². The first-order valence-corrected chi connectivity index (χ1v) is 11.9. The van der Waals surface area contributed by atoms with E-state index in [4.69, 9.17) is 9.47 Å². The number of rotatable bonds is 11. The molecule has 4 rings (SSSR count). The number of esters is 1. The molecule has 0 saturated heterocycles. The highest BCUT2D eigenvalue weighted by atomic mass is 16.5. The zero-order chi connectivity index (χ0) is 24.5. The van der Waals surface area contributed by atoms with Crippen molar-refractivity contribution in [2.75, 3.05) is 6.61 Å². The van der Waals surface area contributed by atoms with E-state index in [1.54, 1.807) is 12.1 Å². The van der Waals surface area contributed by atoms with Gasteiger partial charge in [0.2, 0.25) is 6.33 Å². The minimum atomic E-state index is -0.464. The summed E-state index contributed by atoms with van der Waals surface area (Å²) in [6.45, 7) is 1.78. The number of hydrogen-bond donors (Lipinski definition) is 1. The molecule has 6 nitrogen and oxygen atoms in total. The Morgan fingerprint density at radius 2 is 1.46 bits per heavy atom. The van der Waals surface area contributed by atoms with E-state index in [9.17, 15) is 9.90 Å². The molecule has 4 aromatic rings. The van der Waals surface area contributed by atoms with Crippen LogP contribution in [0.1, 0.15) is 36.0 Å². The second-order valence-electron chi connectivity index (χ2n) is 8.56. The van der Waals surface area contributed by atoms with E-state index in [1.165, 1.54) is 37.1 Å². The minimum Gasteiger partial charge on any atom is -0.508 e. The fraction of sp³-hybridized carbons (Fsp3) is 0.241. The summed E-state index contributed by atoms with van der Waals surface area (Å²) in [5.41, 5.74) is 2.47. The van der Waals surface area contributed by atoms with Crippen LogP contribution in [0.5, 0.6) is 17.2 Å². The molecule has 3 aromatic carbocycles. The van der Waals surface area contributed by atoms with E-state index in [0.29, 0.717) is 11.3 Å². The largest absolute Gasteiger partial charge is 0.508 e. The molecule has 0 spiro atoms. The van der Waals surface area contributed by atoms with Crippen molar-refractivity contribution >= 4 is 5.97 Å². The summed E-state index contributed by atoms with van der Waals surface area (Å²) in [6, 6.07) is 21.4. The predicted molar refractivity (Wildman–Crippen MR) is 135 cm³/mol. The van der Waals surface area contributed by atoms with Crippen LogP contribution in [0, 0.1) is 0 Å². The normalized spacial score (nSPS) is 10.8. The number of carbonyl (C=O) groups excluding carboxylic acids is 1. The Labute approximate surface area is 206 Å². The van der Waals surface area contributed by atoms with Crippen LogP contribution in [0.15, 0.2) is 91.5 Å². The quantitative estimate of drug-likeness (QED) is 0.135. The fourth-order valence-corrected chi connectivity index (χ4v) is 3.80. The monoisotopic (exact) mass is 471 g/mol. The number of aromatic hydroxyl groups is 1. The van der Waals surface area contributed by atoms with Crippen molar-refractivity contribution in [3.63, 3.8) is 0 Å². The van der Waals surface area contributed by atoms with Gasteiger partial charge in [0.05, 0.1) is 25.8 Å². The first kappa shape index (κ1) is 24.1. The lowest BCUT2D eigenvalue weighted by atomic mass is 10.1. The second-order valence-corrected chi connectivity index (χ2v) is 8.56. The molecule has 0 radical (unpaired) electrons. The molecule has 0 amide bonds. The van der Waals surface area contributed by atoms with Gasteiger partial charge in [-0.3, -0.25) is 0 Å². The zero-order valence-electron chi connectivity index (χ0n) is 20.0. The maximum Gasteiger partial charge on any atom is 0.343 e. The molecule has 1 N–H and O–H groups in total. The van der Waals surface area contributed by atoms with E-state index in [0.717, 1.165) is 42.9 Å². The molecule has 35 heavy (non-hydrogen) atoms. The maximum absolute atomic E-state index is 12.2. The average molecular weight is 472 g/mol. The number of phenolic OH excluding ortho intramolecular Hbond substituents is 1. The van der Waals surface area contributed by atoms with Gasteiger partial charge in [0.1, 0.15) is 29.6 Å². The predicted octanol–water partition coefficient (Wildman–Crippen LogP) is 5.54. The third-order valence-corrected chi connectivity index (χ3v) is 5.76. The van der Waals surface area contributed by atoms with E-state index in [-0.39, 0.29) is 5.75 Å². The second kappa shape index (κ2) is 11.9. The van der Waals surface area contributed by atoms with Crippen LogP contribution >= 0.6 is 0 Å². The highest BCUT2D eigenvalue weighted by Gasteiger charge is 2.09. The Morgan fingerprint density at radius 3 is 2.09 bits per heavy atom. The van der Waals surface area contributed by atoms with Crippen LogP contribution in [0.4, 0.5) is 0 Å². The summed E-state index contributed by atoms with van der Waals surface area (Å²) < 4.78 is 15.6. The number of nitrogens with zero attached hydrogens (tertiary/aromatic N) is 2. The third-order valence-electron chi connectivity index (χ3n) is 5.76. The van der Waals surface area contributed by atoms with Gasteiger partial charge >= 0.3 is 5.97 Å². The number of phenols is 1. The lowest BCUT2D eigenvalue weighted by Gasteiger charge is -2.08. The number of carbonyl (C=O) groups is 1. The maximum atomic E-state index is 12.2. The highest BCUT2D eigenvalue weighted by Crippen LogP contribution is 2.25. The van der Waals surface area contributed by atoms with Crippen molar-refractivity contribution in [1.29, 1.82) is 0 Å². The summed E-state index contributed by atoms with van der Waals surface area (Å²) in [7, 11) is 2.04. The molecule has 0 saturated carbocycles. The van der Waals surface area contributed by atoms with E-state index >= 15 is 0 Å². The Bertz CT molecular complexity index is 1210. The number of aromatic nitrogens is 2. The number of ether oxygens (including phenoxy) is 2. The first-order chi connectivity index (χ1) is 17.1. The molecule has 1 aromatic heterocycles. The standard InChI is InChI=1S/C29H30N2O4/c1-30-19-20-31(22-30)18-4-2-3-5-21-34-27-14-8-23(9-15-27)24-10-16-28(17-11-24)35-29(33)25-6-12-26(32)13-7-25/h6-17,19-20,22H,2-5,18,21H2,1H3/p+1. The first-order valence-electron chi connectivity index (χ1n) is 11.9. The van der Waals surface area contributed by atoms with Crippen molar-refractivity contribution in [1.82, 2.24) is 4.57 Å². The van der Waals surface area contributed by atoms with Gasteiger partial charge in [-0.2, -0.15) is 0 Å². The smallest absolute Gasteiger partial charge is 0.343 e. The summed E-state index contributed by atoms with van der Waals surface area (Å²) in [4.78, 5) is 12.2. The Kier molecular flexibility index (Phi) is 8.17. The van der Waals surface area contributed by atoms with Crippen molar-refractivity contribution in [3.05, 3.63) is 97.1 Å². The molecule has 0 unspecified atom stereocenters. The molecule has 0 aliphatic rings. The number of benzene rings is 3. The van der Waals surface area contributed by atoms with Crippen molar-refractivity contribution in [2.24, 2.45) is 7.05 Å². The zero-order valence-corrected chi connectivity index (χ0v) is 20.0. The molecule has 0 aliphatic carbocycles. The van der Waals surface area contributed by atoms with Crippen LogP contribution in [0.3, 0.4) is 0 Å². The summed E-state index contributed by atoms with van der Waals surface area (Å²) >= 11 is 0. The van der Waals surface area contributed by atoms with Gasteiger partial charge in [-0.1, -0.05) is 24.3 Å².